The number of hydrogen-bond acceptors (Lipinski definition) is 7. The molecule has 3 aromatic rings. The molecule has 2 N–H and O–H groups in total. The van der Waals surface area contributed by atoms with Crippen LogP contribution in [0, 0.1) is 0 Å². The van der Waals surface area contributed by atoms with E-state index in [2.05, 4.69) is 15.8 Å². The fourth-order valence-corrected chi connectivity index (χ4v) is 4.19. The molecule has 10 nitrogen and oxygen atoms in total. The van der Waals surface area contributed by atoms with Gasteiger partial charge in [0, 0.05) is 17.3 Å². The molecule has 0 aromatic heterocycles. The maximum Gasteiger partial charge on any atom is 0.260 e. The summed E-state index contributed by atoms with van der Waals surface area (Å²) in [5, 5.41) is 6.90. The third-order valence-electron chi connectivity index (χ3n) is 5.29. The molecular formula is C26H28N4O6S. The van der Waals surface area contributed by atoms with Crippen molar-refractivity contribution in [3.8, 4) is 11.5 Å². The summed E-state index contributed by atoms with van der Waals surface area (Å²) >= 11 is 0. The van der Waals surface area contributed by atoms with Gasteiger partial charge in [-0.15, -0.1) is 0 Å². The number of hydrogen-bond donors (Lipinski definition) is 2. The summed E-state index contributed by atoms with van der Waals surface area (Å²) in [6.07, 6.45) is 1.00. The maximum atomic E-state index is 12.6. The van der Waals surface area contributed by atoms with E-state index < -0.39 is 22.5 Å². The lowest BCUT2D eigenvalue weighted by Crippen LogP contribution is -2.39. The zero-order valence-corrected chi connectivity index (χ0v) is 21.7. The fraction of sp³-hybridized carbons (Fsp3) is 0.192. The molecule has 2 amide bonds. The Morgan fingerprint density at radius 2 is 1.54 bits per heavy atom. The first-order valence-electron chi connectivity index (χ1n) is 11.1. The molecule has 0 heterocycles. The molecule has 0 aliphatic carbocycles. The van der Waals surface area contributed by atoms with Crippen molar-refractivity contribution in [1.82, 2.24) is 5.43 Å². The molecule has 0 unspecified atom stereocenters. The van der Waals surface area contributed by atoms with Gasteiger partial charge in [0.2, 0.25) is 10.0 Å². The van der Waals surface area contributed by atoms with E-state index in [1.165, 1.54) is 26.4 Å². The predicted octanol–water partition coefficient (Wildman–Crippen LogP) is 3.26. The van der Waals surface area contributed by atoms with Crippen LogP contribution in [0.4, 0.5) is 11.4 Å². The Bertz CT molecular complexity index is 1390. The van der Waals surface area contributed by atoms with Gasteiger partial charge in [-0.3, -0.25) is 13.9 Å². The number of ether oxygens (including phenoxy) is 2. The average molecular weight is 525 g/mol. The summed E-state index contributed by atoms with van der Waals surface area (Å²) in [6, 6.07) is 20.3. The number of nitrogens with one attached hydrogen (secondary N) is 2. The van der Waals surface area contributed by atoms with Crippen LogP contribution in [0.1, 0.15) is 22.8 Å². The second kappa shape index (κ2) is 12.0. The summed E-state index contributed by atoms with van der Waals surface area (Å²) in [5.74, 6) is -0.108. The Hall–Kier alpha value is -4.38. The molecule has 194 valence electrons. The van der Waals surface area contributed by atoms with Crippen molar-refractivity contribution in [2.75, 3.05) is 36.6 Å². The topological polar surface area (TPSA) is 126 Å². The second-order valence-electron chi connectivity index (χ2n) is 7.94. The molecule has 0 aliphatic rings. The van der Waals surface area contributed by atoms with Gasteiger partial charge in [-0.05, 0) is 48.9 Å². The minimum absolute atomic E-state index is 0.226. The molecule has 0 aliphatic heterocycles. The van der Waals surface area contributed by atoms with Gasteiger partial charge in [0.05, 0.1) is 31.9 Å². The van der Waals surface area contributed by atoms with Crippen LogP contribution >= 0.6 is 0 Å². The molecule has 0 bridgehead atoms. The number of hydrazone groups is 1. The largest absolute Gasteiger partial charge is 0.493 e. The second-order valence-corrected chi connectivity index (χ2v) is 9.85. The van der Waals surface area contributed by atoms with Gasteiger partial charge in [0.15, 0.2) is 11.5 Å². The van der Waals surface area contributed by atoms with Crippen molar-refractivity contribution < 1.29 is 27.5 Å². The van der Waals surface area contributed by atoms with E-state index in [0.29, 0.717) is 34.0 Å². The van der Waals surface area contributed by atoms with Crippen molar-refractivity contribution in [2.24, 2.45) is 5.10 Å². The van der Waals surface area contributed by atoms with E-state index in [9.17, 15) is 18.0 Å². The van der Waals surface area contributed by atoms with Crippen LogP contribution in [0.25, 0.3) is 0 Å². The highest BCUT2D eigenvalue weighted by molar-refractivity contribution is 7.92. The Morgan fingerprint density at radius 1 is 0.892 bits per heavy atom. The van der Waals surface area contributed by atoms with Gasteiger partial charge < -0.3 is 14.8 Å². The van der Waals surface area contributed by atoms with E-state index >= 15 is 0 Å². The Morgan fingerprint density at radius 3 is 2.14 bits per heavy atom. The minimum atomic E-state index is -3.79. The van der Waals surface area contributed by atoms with Crippen molar-refractivity contribution >= 4 is 38.9 Å². The van der Waals surface area contributed by atoms with E-state index in [-0.39, 0.29) is 11.6 Å². The highest BCUT2D eigenvalue weighted by Gasteiger charge is 2.22. The molecule has 37 heavy (non-hydrogen) atoms. The third-order valence-corrected chi connectivity index (χ3v) is 6.43. The lowest BCUT2D eigenvalue weighted by Gasteiger charge is -2.22. The molecule has 0 atom stereocenters. The first kappa shape index (κ1) is 27.2. The van der Waals surface area contributed by atoms with Gasteiger partial charge in [-0.1, -0.05) is 30.3 Å². The van der Waals surface area contributed by atoms with Gasteiger partial charge in [0.25, 0.3) is 11.8 Å². The summed E-state index contributed by atoms with van der Waals surface area (Å²) in [4.78, 5) is 24.9. The summed E-state index contributed by atoms with van der Waals surface area (Å²) < 4.78 is 36.1. The molecule has 0 spiro atoms. The number of anilines is 2. The summed E-state index contributed by atoms with van der Waals surface area (Å²) in [7, 11) is -0.893. The molecular weight excluding hydrogens is 496 g/mol. The molecule has 11 heteroatoms. The lowest BCUT2D eigenvalue weighted by atomic mass is 10.1. The van der Waals surface area contributed by atoms with Crippen molar-refractivity contribution in [1.29, 1.82) is 0 Å². The molecule has 0 saturated heterocycles. The monoisotopic (exact) mass is 524 g/mol. The van der Waals surface area contributed by atoms with Gasteiger partial charge >= 0.3 is 0 Å². The van der Waals surface area contributed by atoms with E-state index in [1.54, 1.807) is 61.5 Å². The normalized spacial score (nSPS) is 11.4. The number of rotatable bonds is 10. The maximum absolute atomic E-state index is 12.6. The SMILES string of the molecule is COc1ccc(N(CC(=O)N/N=C(/C)c2ccc(NC(=O)c3ccccc3)cc2)S(C)(=O)=O)cc1OC. The van der Waals surface area contributed by atoms with E-state index in [1.807, 2.05) is 6.07 Å². The highest BCUT2D eigenvalue weighted by atomic mass is 32.2. The highest BCUT2D eigenvalue weighted by Crippen LogP contribution is 2.32. The van der Waals surface area contributed by atoms with Crippen LogP contribution in [0.5, 0.6) is 11.5 Å². The van der Waals surface area contributed by atoms with E-state index in [4.69, 9.17) is 9.47 Å². The quantitative estimate of drug-likeness (QED) is 0.310. The molecule has 3 aromatic carbocycles. The zero-order chi connectivity index (χ0) is 27.0. The van der Waals surface area contributed by atoms with Crippen LogP contribution in [-0.4, -0.2) is 53.0 Å². The number of methoxy groups -OCH3 is 2. The van der Waals surface area contributed by atoms with Crippen molar-refractivity contribution in [3.63, 3.8) is 0 Å². The van der Waals surface area contributed by atoms with Gasteiger partial charge in [0.1, 0.15) is 6.54 Å². The molecule has 3 rings (SSSR count). The summed E-state index contributed by atoms with van der Waals surface area (Å²) in [5.41, 5.74) is 4.98. The third kappa shape index (κ3) is 7.31. The standard InChI is InChI=1S/C26H28N4O6S/c1-18(19-10-12-21(13-11-19)27-26(32)20-8-6-5-7-9-20)28-29-25(31)17-30(37(4,33)34)22-14-15-23(35-2)24(16-22)36-3/h5-16H,17H2,1-4H3,(H,27,32)(H,29,31)/b28-18-. The van der Waals surface area contributed by atoms with Crippen LogP contribution < -0.4 is 24.5 Å². The Labute approximate surface area is 216 Å². The lowest BCUT2D eigenvalue weighted by molar-refractivity contribution is -0.119. The fourth-order valence-electron chi connectivity index (χ4n) is 3.34. The summed E-state index contributed by atoms with van der Waals surface area (Å²) in [6.45, 7) is 1.20. The van der Waals surface area contributed by atoms with E-state index in [0.717, 1.165) is 10.6 Å². The van der Waals surface area contributed by atoms with Crippen LogP contribution in [0.2, 0.25) is 0 Å². The van der Waals surface area contributed by atoms with Crippen molar-refractivity contribution in [2.45, 2.75) is 6.92 Å². The molecule has 0 radical (unpaired) electrons. The van der Waals surface area contributed by atoms with Crippen LogP contribution in [-0.2, 0) is 14.8 Å². The number of carbonyl (C=O) groups excluding carboxylic acids is 2. The minimum Gasteiger partial charge on any atom is -0.493 e. The smallest absolute Gasteiger partial charge is 0.260 e. The number of nitrogens with zero attached hydrogens (tertiary/aromatic N) is 2. The molecule has 0 fully saturated rings. The Kier molecular flexibility index (Phi) is 8.86. The van der Waals surface area contributed by atoms with Gasteiger partial charge in [-0.25, -0.2) is 13.8 Å². The number of benzene rings is 3. The first-order valence-corrected chi connectivity index (χ1v) is 13.0. The Balaban J connectivity index is 1.66. The number of carbonyl (C=O) groups is 2. The zero-order valence-electron chi connectivity index (χ0n) is 20.9. The van der Waals surface area contributed by atoms with Crippen molar-refractivity contribution in [3.05, 3.63) is 83.9 Å². The predicted molar refractivity (Wildman–Crippen MR) is 143 cm³/mol. The first-order chi connectivity index (χ1) is 17.6. The number of sulfonamides is 1. The molecule has 0 saturated carbocycles. The van der Waals surface area contributed by atoms with Crippen LogP contribution in [0.3, 0.4) is 0 Å². The van der Waals surface area contributed by atoms with Crippen LogP contribution in [0.15, 0.2) is 77.9 Å². The number of amides is 2. The average Bonchev–Trinajstić information content (AvgIpc) is 2.90. The van der Waals surface area contributed by atoms with Gasteiger partial charge in [-0.2, -0.15) is 5.10 Å².